The van der Waals surface area contributed by atoms with E-state index >= 15 is 0 Å². The van der Waals surface area contributed by atoms with E-state index in [0.29, 0.717) is 29.5 Å². The number of thioether (sulfide) groups is 1. The third-order valence-corrected chi connectivity index (χ3v) is 14.0. The molecular formula is C53H74ClF3N6O3S3. The van der Waals surface area contributed by atoms with Crippen LogP contribution in [0.25, 0.3) is 5.57 Å². The number of carbonyl (C=O) groups is 1. The van der Waals surface area contributed by atoms with E-state index < -0.39 is 17.6 Å². The highest BCUT2D eigenvalue weighted by Gasteiger charge is 2.32. The van der Waals surface area contributed by atoms with Crippen molar-refractivity contribution in [3.63, 3.8) is 0 Å². The molecule has 1 aliphatic carbocycles. The molecular weight excluding hydrogens is 957 g/mol. The fraction of sp³-hybridized carbons (Fsp3) is 0.491. The van der Waals surface area contributed by atoms with Crippen LogP contribution in [-0.2, 0) is 4.33 Å². The van der Waals surface area contributed by atoms with Gasteiger partial charge in [0.1, 0.15) is 0 Å². The third kappa shape index (κ3) is 20.0. The first kappa shape index (κ1) is 58.2. The van der Waals surface area contributed by atoms with E-state index in [1.54, 1.807) is 23.9 Å². The summed E-state index contributed by atoms with van der Waals surface area (Å²) in [7, 11) is 0. The molecule has 69 heavy (non-hydrogen) atoms. The van der Waals surface area contributed by atoms with Crippen LogP contribution in [0.1, 0.15) is 107 Å². The first-order valence-corrected chi connectivity index (χ1v) is 27.1. The minimum Gasteiger partial charge on any atom is -0.378 e. The number of unbranched alkanes of at least 4 members (excludes halogenated alkanes) is 3. The molecule has 1 aliphatic heterocycles. The molecule has 0 amide bonds. The average molecular weight is 1030 g/mol. The van der Waals surface area contributed by atoms with Crippen LogP contribution in [0.3, 0.4) is 0 Å². The highest BCUT2D eigenvalue weighted by molar-refractivity contribution is 7.99. The smallest absolute Gasteiger partial charge is 0.378 e. The molecule has 2 atom stereocenters. The van der Waals surface area contributed by atoms with Gasteiger partial charge in [-0.2, -0.15) is 13.2 Å². The molecule has 380 valence electrons. The number of nitrogens with two attached hydrogens (primary N) is 2. The summed E-state index contributed by atoms with van der Waals surface area (Å²) in [5.74, 6) is 0.938. The van der Waals surface area contributed by atoms with Gasteiger partial charge < -0.3 is 25.7 Å². The number of benzene rings is 4. The Morgan fingerprint density at radius 2 is 1.58 bits per heavy atom. The summed E-state index contributed by atoms with van der Waals surface area (Å²) >= 11 is 10.2. The molecule has 0 bridgehead atoms. The monoisotopic (exact) mass is 1030 g/mol. The molecule has 2 aliphatic rings. The summed E-state index contributed by atoms with van der Waals surface area (Å²) in [6.45, 7) is 16.4. The molecule has 1 saturated heterocycles. The molecule has 0 aromatic heterocycles. The number of alkyl halides is 3. The van der Waals surface area contributed by atoms with E-state index in [0.717, 1.165) is 106 Å². The predicted molar refractivity (Wildman–Crippen MR) is 290 cm³/mol. The second-order valence-electron chi connectivity index (χ2n) is 17.1. The number of nitrogens with one attached hydrogen (secondary N) is 1. The van der Waals surface area contributed by atoms with Gasteiger partial charge in [0.05, 0.1) is 5.69 Å². The summed E-state index contributed by atoms with van der Waals surface area (Å²) in [5, 5.41) is 8.49. The average Bonchev–Trinajstić information content (AvgIpc) is 3.37. The van der Waals surface area contributed by atoms with Gasteiger partial charge in [-0.1, -0.05) is 94.5 Å². The summed E-state index contributed by atoms with van der Waals surface area (Å²) < 4.78 is 44.2. The Bertz CT molecular complexity index is 2100. The Hall–Kier alpha value is -3.38. The lowest BCUT2D eigenvalue weighted by molar-refractivity contribution is -0.106. The Balaban J connectivity index is 0.00000252. The number of allylic oxidation sites excluding steroid dienone is 1. The number of rotatable bonds is 25. The first-order valence-electron chi connectivity index (χ1n) is 24.5. The number of thiol groups is 1. The van der Waals surface area contributed by atoms with E-state index in [2.05, 4.69) is 80.4 Å². The summed E-state index contributed by atoms with van der Waals surface area (Å²) in [6.07, 6.45) is 9.75. The second kappa shape index (κ2) is 31.8. The zero-order valence-corrected chi connectivity index (χ0v) is 44.1. The van der Waals surface area contributed by atoms with E-state index in [4.69, 9.17) is 22.2 Å². The van der Waals surface area contributed by atoms with Crippen molar-refractivity contribution in [2.75, 3.05) is 74.9 Å². The number of hydrogen-bond donors (Lipinski definition) is 4. The minimum absolute atomic E-state index is 0.00427. The maximum atomic E-state index is 14.0. The molecule has 5 N–H and O–H groups in total. The standard InChI is InChI=1S/C51H65ClF3N5O3S2.C2H6.H3NS/c1-3-5-6-10-27-58(26-4-2)28-25-44(37-64-46-11-8-7-9-12-46)57-48-24-18-41(34-49(48)62-63-65-51(53,54)55)50(61)40-16-21-45(22-17-40)60-31-29-59(30-32-60)36-42-33-38(35-56)13-23-47(42)39-14-19-43(52)20-15-39;2*1-2/h7-9,11-12,14-22,24,34,38,44,57H,3-6,10,13,23,25-33,35-37,56H2,1-2H3;1-2H3;2H,1H2. The molecule has 1 heterocycles. The highest BCUT2D eigenvalue weighted by Crippen LogP contribution is 2.37. The molecule has 4 aromatic rings. The zero-order chi connectivity index (χ0) is 50.0. The van der Waals surface area contributed by atoms with Gasteiger partial charge in [-0.05, 0) is 142 Å². The first-order chi connectivity index (χ1) is 33.5. The Morgan fingerprint density at radius 3 is 2.23 bits per heavy atom. The fourth-order valence-electron chi connectivity index (χ4n) is 8.71. The van der Waals surface area contributed by atoms with Crippen molar-refractivity contribution in [1.29, 1.82) is 0 Å². The lowest BCUT2D eigenvalue weighted by Gasteiger charge is -2.38. The van der Waals surface area contributed by atoms with Crippen LogP contribution in [0.2, 0.25) is 5.02 Å². The van der Waals surface area contributed by atoms with Gasteiger partial charge in [0.2, 0.25) is 0 Å². The predicted octanol–water partition coefficient (Wildman–Crippen LogP) is 13.5. The van der Waals surface area contributed by atoms with Crippen molar-refractivity contribution in [2.24, 2.45) is 16.8 Å². The Labute approximate surface area is 429 Å². The van der Waals surface area contributed by atoms with Crippen molar-refractivity contribution in [1.82, 2.24) is 9.80 Å². The Kier molecular flexibility index (Phi) is 26.9. The number of ketones is 1. The van der Waals surface area contributed by atoms with E-state index in [-0.39, 0.29) is 23.1 Å². The third-order valence-electron chi connectivity index (χ3n) is 12.3. The van der Waals surface area contributed by atoms with Crippen LogP contribution in [0, 0.1) is 5.92 Å². The van der Waals surface area contributed by atoms with Crippen LogP contribution < -0.4 is 26.0 Å². The maximum absolute atomic E-state index is 14.0. The molecule has 1 fully saturated rings. The summed E-state index contributed by atoms with van der Waals surface area (Å²) in [5.41, 5.74) is 7.82. The molecule has 0 spiro atoms. The zero-order valence-electron chi connectivity index (χ0n) is 40.8. The molecule has 4 aromatic carbocycles. The molecule has 0 saturated carbocycles. The quantitative estimate of drug-likeness (QED) is 0.00969. The van der Waals surface area contributed by atoms with Crippen molar-refractivity contribution in [2.45, 2.75) is 102 Å². The van der Waals surface area contributed by atoms with Crippen molar-refractivity contribution in [3.05, 3.63) is 124 Å². The molecule has 16 heteroatoms. The van der Waals surface area contributed by atoms with Gasteiger partial charge in [-0.15, -0.1) is 28.9 Å². The number of carbonyl (C=O) groups excluding carboxylic acids is 1. The SMILES string of the molecule is CC.CCCCCCN(CCC)CCC(CSc1ccccc1)Nc1ccc(C(=O)c2ccc(N3CCN(CC4=C(c5ccc(Cl)cc5)CCC(CN)C4)CC3)cc2)cc1OOSC(F)(F)F.NS. The Morgan fingerprint density at radius 1 is 0.884 bits per heavy atom. The van der Waals surface area contributed by atoms with Crippen molar-refractivity contribution < 1.29 is 27.2 Å². The second-order valence-corrected chi connectivity index (χ2v) is 19.4. The van der Waals surface area contributed by atoms with Crippen LogP contribution >= 0.6 is 48.2 Å². The van der Waals surface area contributed by atoms with Gasteiger partial charge >= 0.3 is 5.51 Å². The topological polar surface area (TPSA) is 109 Å². The van der Waals surface area contributed by atoms with Crippen LogP contribution in [0.15, 0.2) is 108 Å². The fourth-order valence-corrected chi connectivity index (χ4v) is 10.0. The number of anilines is 2. The lowest BCUT2D eigenvalue weighted by atomic mass is 9.81. The summed E-state index contributed by atoms with van der Waals surface area (Å²) in [4.78, 5) is 27.8. The van der Waals surface area contributed by atoms with Gasteiger partial charge in [-0.3, -0.25) is 14.8 Å². The van der Waals surface area contributed by atoms with Crippen LogP contribution in [0.4, 0.5) is 24.5 Å². The van der Waals surface area contributed by atoms with Crippen molar-refractivity contribution in [3.8, 4) is 5.75 Å². The summed E-state index contributed by atoms with van der Waals surface area (Å²) in [6, 6.07) is 30.6. The number of hydrogen-bond acceptors (Lipinski definition) is 12. The number of halogens is 4. The molecule has 2 unspecified atom stereocenters. The normalized spacial score (nSPS) is 15.8. The van der Waals surface area contributed by atoms with Crippen LogP contribution in [0.5, 0.6) is 5.75 Å². The lowest BCUT2D eigenvalue weighted by Crippen LogP contribution is -2.47. The maximum Gasteiger partial charge on any atom is 0.471 e. The molecule has 6 rings (SSSR count). The highest BCUT2D eigenvalue weighted by atomic mass is 35.5. The van der Waals surface area contributed by atoms with E-state index in [1.807, 2.05) is 68.4 Å². The van der Waals surface area contributed by atoms with Gasteiger partial charge in [0.25, 0.3) is 0 Å². The largest absolute Gasteiger partial charge is 0.471 e. The molecule has 9 nitrogen and oxygen atoms in total. The van der Waals surface area contributed by atoms with Crippen LogP contribution in [-0.4, -0.2) is 91.8 Å². The van der Waals surface area contributed by atoms with E-state index in [1.165, 1.54) is 42.0 Å². The number of nitrogens with zero attached hydrogens (tertiary/aromatic N) is 3. The minimum atomic E-state index is -4.67. The van der Waals surface area contributed by atoms with E-state index in [9.17, 15) is 18.0 Å². The van der Waals surface area contributed by atoms with Crippen molar-refractivity contribution >= 4 is 71.0 Å². The van der Waals surface area contributed by atoms with Gasteiger partial charge in [-0.25, -0.2) is 0 Å². The molecule has 0 radical (unpaired) electrons. The van der Waals surface area contributed by atoms with Gasteiger partial charge in [0, 0.05) is 77.8 Å². The van der Waals surface area contributed by atoms with Gasteiger partial charge in [0.15, 0.2) is 23.6 Å². The number of piperazine rings is 1.